The highest BCUT2D eigenvalue weighted by Gasteiger charge is 2.20. The quantitative estimate of drug-likeness (QED) is 0.453. The van der Waals surface area contributed by atoms with E-state index in [1.165, 1.54) is 49.9 Å². The monoisotopic (exact) mass is 502 g/mol. The zero-order valence-corrected chi connectivity index (χ0v) is 21.2. The van der Waals surface area contributed by atoms with Crippen LogP contribution in [-0.2, 0) is 0 Å². The van der Waals surface area contributed by atoms with Crippen LogP contribution in [0.3, 0.4) is 0 Å². The molecule has 184 valence electrons. The van der Waals surface area contributed by atoms with Crippen LogP contribution in [0.25, 0.3) is 0 Å². The molecule has 2 aromatic carbocycles. The van der Waals surface area contributed by atoms with Crippen LogP contribution >= 0.6 is 24.8 Å². The van der Waals surface area contributed by atoms with E-state index in [-0.39, 0.29) is 24.8 Å². The van der Waals surface area contributed by atoms with Crippen molar-refractivity contribution in [1.29, 1.82) is 0 Å². The van der Waals surface area contributed by atoms with Gasteiger partial charge in [0.1, 0.15) is 11.7 Å². The van der Waals surface area contributed by atoms with Gasteiger partial charge in [-0.3, -0.25) is 9.98 Å². The number of aliphatic imine (C=N–C) groups is 2. The minimum absolute atomic E-state index is 0. The molecule has 0 unspecified atom stereocenters. The maximum atomic E-state index is 6.19. The molecule has 2 aliphatic carbocycles. The van der Waals surface area contributed by atoms with E-state index in [1.807, 2.05) is 0 Å². The molecule has 0 bridgehead atoms. The second kappa shape index (κ2) is 11.8. The standard InChI is InChI=1S/C26H34N6.2ClH/c27-25(29-21-3-1-4-21)19-7-11-23(12-8-19)31-15-17-32(18-16-31)24-13-9-20(10-14-24)26(28)30-22-5-2-6-22;;/h7-14,21-22H,1-6,15-18H2,(H2,27,29)(H2,28,30);2*1H. The zero-order valence-electron chi connectivity index (χ0n) is 19.6. The molecule has 8 heteroatoms. The summed E-state index contributed by atoms with van der Waals surface area (Å²) in [6, 6.07) is 18.0. The molecular formula is C26H36Cl2N6. The predicted octanol–water partition coefficient (Wildman–Crippen LogP) is 4.37. The third-order valence-electron chi connectivity index (χ3n) is 7.13. The van der Waals surface area contributed by atoms with Crippen LogP contribution in [0.2, 0.25) is 0 Å². The maximum absolute atomic E-state index is 6.19. The Labute approximate surface area is 215 Å². The first-order valence-electron chi connectivity index (χ1n) is 12.0. The van der Waals surface area contributed by atoms with Crippen molar-refractivity contribution in [2.75, 3.05) is 36.0 Å². The Kier molecular flexibility index (Phi) is 9.09. The van der Waals surface area contributed by atoms with Crippen LogP contribution in [0.4, 0.5) is 11.4 Å². The molecule has 2 aromatic rings. The lowest BCUT2D eigenvalue weighted by Gasteiger charge is -2.37. The molecular weight excluding hydrogens is 467 g/mol. The number of nitrogens with two attached hydrogens (primary N) is 2. The van der Waals surface area contributed by atoms with Gasteiger partial charge < -0.3 is 21.3 Å². The van der Waals surface area contributed by atoms with Crippen molar-refractivity contribution < 1.29 is 0 Å². The van der Waals surface area contributed by atoms with Crippen molar-refractivity contribution in [2.45, 2.75) is 50.6 Å². The van der Waals surface area contributed by atoms with Crippen molar-refractivity contribution in [3.8, 4) is 0 Å². The zero-order chi connectivity index (χ0) is 21.9. The van der Waals surface area contributed by atoms with Gasteiger partial charge in [-0.15, -0.1) is 24.8 Å². The second-order valence-electron chi connectivity index (χ2n) is 9.27. The summed E-state index contributed by atoms with van der Waals surface area (Å²) in [7, 11) is 0. The molecule has 0 radical (unpaired) electrons. The molecule has 3 fully saturated rings. The Morgan fingerprint density at radius 2 is 0.912 bits per heavy atom. The molecule has 0 spiro atoms. The van der Waals surface area contributed by atoms with Crippen molar-refractivity contribution >= 4 is 47.9 Å². The van der Waals surface area contributed by atoms with Gasteiger partial charge in [0.15, 0.2) is 0 Å². The number of halogens is 2. The van der Waals surface area contributed by atoms with Crippen LogP contribution in [0.5, 0.6) is 0 Å². The summed E-state index contributed by atoms with van der Waals surface area (Å²) < 4.78 is 0. The lowest BCUT2D eigenvalue weighted by Crippen LogP contribution is -2.46. The van der Waals surface area contributed by atoms with Gasteiger partial charge in [0, 0.05) is 48.7 Å². The Morgan fingerprint density at radius 1 is 0.588 bits per heavy atom. The topological polar surface area (TPSA) is 83.2 Å². The first-order valence-corrected chi connectivity index (χ1v) is 12.0. The highest BCUT2D eigenvalue weighted by molar-refractivity contribution is 5.98. The molecule has 34 heavy (non-hydrogen) atoms. The smallest absolute Gasteiger partial charge is 0.125 e. The van der Waals surface area contributed by atoms with E-state index in [0.29, 0.717) is 23.8 Å². The van der Waals surface area contributed by atoms with Crippen molar-refractivity contribution in [2.24, 2.45) is 21.5 Å². The maximum Gasteiger partial charge on any atom is 0.125 e. The van der Waals surface area contributed by atoms with Gasteiger partial charge in [-0.05, 0) is 87.1 Å². The lowest BCUT2D eigenvalue weighted by molar-refractivity contribution is 0.420. The van der Waals surface area contributed by atoms with Crippen molar-refractivity contribution in [3.63, 3.8) is 0 Å². The Morgan fingerprint density at radius 3 is 1.18 bits per heavy atom. The van der Waals surface area contributed by atoms with E-state index in [2.05, 4.69) is 68.3 Å². The Hall–Kier alpha value is -2.44. The SMILES string of the molecule is Cl.Cl.NC(=NC1CCC1)c1ccc(N2CCN(c3ccc(C(N)=NC4CCC4)cc3)CC2)cc1. The lowest BCUT2D eigenvalue weighted by atomic mass is 9.94. The van der Waals surface area contributed by atoms with Gasteiger partial charge in [0.25, 0.3) is 0 Å². The number of piperazine rings is 1. The van der Waals surface area contributed by atoms with Gasteiger partial charge in [0.05, 0.1) is 12.1 Å². The summed E-state index contributed by atoms with van der Waals surface area (Å²) in [6.45, 7) is 3.99. The Bertz CT molecular complexity index is 892. The van der Waals surface area contributed by atoms with Gasteiger partial charge in [0.2, 0.25) is 0 Å². The van der Waals surface area contributed by atoms with E-state index in [9.17, 15) is 0 Å². The third-order valence-corrected chi connectivity index (χ3v) is 7.13. The molecule has 6 nitrogen and oxygen atoms in total. The summed E-state index contributed by atoms with van der Waals surface area (Å²) in [4.78, 5) is 14.2. The highest BCUT2D eigenvalue weighted by Crippen LogP contribution is 2.25. The second-order valence-corrected chi connectivity index (χ2v) is 9.27. The van der Waals surface area contributed by atoms with Crippen LogP contribution in [0.15, 0.2) is 58.5 Å². The predicted molar refractivity (Wildman–Crippen MR) is 149 cm³/mol. The molecule has 0 amide bonds. The minimum Gasteiger partial charge on any atom is -0.383 e. The normalized spacial score (nSPS) is 19.5. The minimum atomic E-state index is 0. The van der Waals surface area contributed by atoms with E-state index in [4.69, 9.17) is 11.5 Å². The molecule has 1 heterocycles. The van der Waals surface area contributed by atoms with Crippen LogP contribution in [-0.4, -0.2) is 49.9 Å². The number of benzene rings is 2. The number of amidine groups is 2. The fourth-order valence-corrected chi connectivity index (χ4v) is 4.48. The van der Waals surface area contributed by atoms with Gasteiger partial charge in [-0.1, -0.05) is 0 Å². The summed E-state index contributed by atoms with van der Waals surface area (Å²) in [5.41, 5.74) is 16.9. The van der Waals surface area contributed by atoms with Crippen LogP contribution in [0.1, 0.15) is 49.7 Å². The fraction of sp³-hybridized carbons (Fsp3) is 0.462. The van der Waals surface area contributed by atoms with Crippen molar-refractivity contribution in [3.05, 3.63) is 59.7 Å². The molecule has 2 saturated carbocycles. The number of nitrogens with zero attached hydrogens (tertiary/aromatic N) is 4. The first-order chi connectivity index (χ1) is 15.7. The third kappa shape index (κ3) is 5.97. The molecule has 4 N–H and O–H groups in total. The van der Waals surface area contributed by atoms with Crippen LogP contribution in [0, 0.1) is 0 Å². The average molecular weight is 504 g/mol. The van der Waals surface area contributed by atoms with Gasteiger partial charge in [-0.2, -0.15) is 0 Å². The molecule has 3 aliphatic rings. The summed E-state index contributed by atoms with van der Waals surface area (Å²) >= 11 is 0. The molecule has 1 aliphatic heterocycles. The fourth-order valence-electron chi connectivity index (χ4n) is 4.48. The van der Waals surface area contributed by atoms with Gasteiger partial charge in [-0.25, -0.2) is 0 Å². The van der Waals surface area contributed by atoms with Crippen molar-refractivity contribution in [1.82, 2.24) is 0 Å². The number of hydrogen-bond donors (Lipinski definition) is 2. The highest BCUT2D eigenvalue weighted by atomic mass is 35.5. The number of anilines is 2. The number of rotatable bonds is 6. The Balaban J connectivity index is 0.00000162. The summed E-state index contributed by atoms with van der Waals surface area (Å²) in [6.07, 6.45) is 7.25. The van der Waals surface area contributed by atoms with E-state index < -0.39 is 0 Å². The van der Waals surface area contributed by atoms with Crippen LogP contribution < -0.4 is 21.3 Å². The summed E-state index contributed by atoms with van der Waals surface area (Å²) in [5.74, 6) is 1.35. The first kappa shape index (κ1) is 26.2. The summed E-state index contributed by atoms with van der Waals surface area (Å²) in [5, 5.41) is 0. The molecule has 0 aromatic heterocycles. The number of hydrogen-bond acceptors (Lipinski definition) is 4. The van der Waals surface area contributed by atoms with E-state index in [0.717, 1.165) is 37.3 Å². The molecule has 1 saturated heterocycles. The largest absolute Gasteiger partial charge is 0.383 e. The molecule has 5 rings (SSSR count). The van der Waals surface area contributed by atoms with E-state index >= 15 is 0 Å². The van der Waals surface area contributed by atoms with Gasteiger partial charge >= 0.3 is 0 Å². The average Bonchev–Trinajstić information content (AvgIpc) is 2.79. The molecule has 0 atom stereocenters. The van der Waals surface area contributed by atoms with E-state index in [1.54, 1.807) is 0 Å².